The first kappa shape index (κ1) is 9.40. The largest absolute Gasteiger partial charge is 0.494 e. The van der Waals surface area contributed by atoms with Crippen molar-refractivity contribution in [3.63, 3.8) is 0 Å². The topological polar surface area (TPSA) is 38.3 Å². The number of hydrogen-bond acceptors (Lipinski definition) is 4. The number of nitrogens with one attached hydrogen (secondary N) is 1. The molecule has 0 saturated heterocycles. The summed E-state index contributed by atoms with van der Waals surface area (Å²) in [6, 6.07) is 5.75. The Balaban J connectivity index is 2.28. The molecule has 4 heteroatoms. The van der Waals surface area contributed by atoms with Gasteiger partial charge in [0, 0.05) is 10.6 Å². The third kappa shape index (κ3) is 1.85. The quantitative estimate of drug-likeness (QED) is 0.809. The van der Waals surface area contributed by atoms with E-state index in [9.17, 15) is 4.79 Å². The number of carbonyl (C=O) groups is 1. The molecule has 1 aromatic carbocycles. The lowest BCUT2D eigenvalue weighted by atomic mass is 10.3. The monoisotopic (exact) mass is 209 g/mol. The van der Waals surface area contributed by atoms with E-state index in [0.717, 1.165) is 16.3 Å². The first-order chi connectivity index (χ1) is 6.79. The third-order valence-electron chi connectivity index (χ3n) is 1.91. The smallest absolute Gasteiger partial charge is 0.212 e. The van der Waals surface area contributed by atoms with Crippen molar-refractivity contribution in [2.45, 2.75) is 11.8 Å². The fourth-order valence-corrected chi connectivity index (χ4v) is 2.13. The van der Waals surface area contributed by atoms with Gasteiger partial charge in [-0.15, -0.1) is 0 Å². The van der Waals surface area contributed by atoms with Gasteiger partial charge >= 0.3 is 0 Å². The lowest BCUT2D eigenvalue weighted by Crippen LogP contribution is -2.15. The molecule has 3 nitrogen and oxygen atoms in total. The Kier molecular flexibility index (Phi) is 2.63. The fraction of sp³-hybridized carbons (Fsp3) is 0.300. The van der Waals surface area contributed by atoms with Crippen LogP contribution in [0.2, 0.25) is 0 Å². The maximum atomic E-state index is 11.2. The molecule has 0 saturated carbocycles. The van der Waals surface area contributed by atoms with E-state index < -0.39 is 0 Å². The number of hydrogen-bond donors (Lipinski definition) is 1. The maximum Gasteiger partial charge on any atom is 0.212 e. The maximum absolute atomic E-state index is 11.2. The number of rotatable bonds is 2. The summed E-state index contributed by atoms with van der Waals surface area (Å²) in [5.41, 5.74) is 1.01. The van der Waals surface area contributed by atoms with Crippen molar-refractivity contribution in [1.82, 2.24) is 0 Å². The van der Waals surface area contributed by atoms with Crippen molar-refractivity contribution >= 4 is 22.6 Å². The molecule has 0 bridgehead atoms. The normalized spacial score (nSPS) is 14.5. The number of fused-ring (bicyclic) bond motifs is 1. The van der Waals surface area contributed by atoms with Gasteiger partial charge in [-0.2, -0.15) is 0 Å². The molecule has 0 amide bonds. The zero-order chi connectivity index (χ0) is 9.97. The molecule has 0 radical (unpaired) electrons. The Morgan fingerprint density at radius 3 is 3.21 bits per heavy atom. The molecule has 1 heterocycles. The second-order valence-corrected chi connectivity index (χ2v) is 4.02. The summed E-state index contributed by atoms with van der Waals surface area (Å²) in [6.07, 6.45) is 0. The van der Waals surface area contributed by atoms with Crippen LogP contribution in [0.4, 0.5) is 5.69 Å². The van der Waals surface area contributed by atoms with Crippen LogP contribution < -0.4 is 10.1 Å². The summed E-state index contributed by atoms with van der Waals surface area (Å²) >= 11 is 1.27. The van der Waals surface area contributed by atoms with Crippen molar-refractivity contribution in [3.8, 4) is 5.75 Å². The minimum atomic E-state index is 0.145. The van der Waals surface area contributed by atoms with Crippen LogP contribution in [0.15, 0.2) is 23.1 Å². The van der Waals surface area contributed by atoms with E-state index in [0.29, 0.717) is 13.2 Å². The van der Waals surface area contributed by atoms with Crippen LogP contribution in [-0.2, 0) is 4.79 Å². The van der Waals surface area contributed by atoms with Crippen molar-refractivity contribution in [1.29, 1.82) is 0 Å². The standard InChI is InChI=1S/C10H11NO2S/c1-2-13-7-3-4-8-9(5-7)14-10(12)6-11-8/h3-5,11H,2,6H2,1H3. The van der Waals surface area contributed by atoms with Crippen LogP contribution in [-0.4, -0.2) is 18.3 Å². The van der Waals surface area contributed by atoms with Crippen LogP contribution in [0.25, 0.3) is 0 Å². The SMILES string of the molecule is CCOc1ccc2c(c1)SC(=O)CN2. The second kappa shape index (κ2) is 3.92. The third-order valence-corrected chi connectivity index (χ3v) is 2.84. The summed E-state index contributed by atoms with van der Waals surface area (Å²) in [7, 11) is 0. The van der Waals surface area contributed by atoms with E-state index in [2.05, 4.69) is 5.32 Å². The van der Waals surface area contributed by atoms with Crippen molar-refractivity contribution in [2.75, 3.05) is 18.5 Å². The van der Waals surface area contributed by atoms with Crippen molar-refractivity contribution in [2.24, 2.45) is 0 Å². The average molecular weight is 209 g/mol. The van der Waals surface area contributed by atoms with Crippen molar-refractivity contribution < 1.29 is 9.53 Å². The van der Waals surface area contributed by atoms with Gasteiger partial charge in [-0.1, -0.05) is 0 Å². The van der Waals surface area contributed by atoms with E-state index in [1.165, 1.54) is 11.8 Å². The number of thioether (sulfide) groups is 1. The Morgan fingerprint density at radius 2 is 2.43 bits per heavy atom. The molecule has 0 fully saturated rings. The highest BCUT2D eigenvalue weighted by Gasteiger charge is 2.15. The fourth-order valence-electron chi connectivity index (χ4n) is 1.32. The van der Waals surface area contributed by atoms with Gasteiger partial charge in [0.2, 0.25) is 5.12 Å². The van der Waals surface area contributed by atoms with Crippen LogP contribution in [0.1, 0.15) is 6.92 Å². The summed E-state index contributed by atoms with van der Waals surface area (Å²) in [5.74, 6) is 0.815. The second-order valence-electron chi connectivity index (χ2n) is 2.92. The van der Waals surface area contributed by atoms with Gasteiger partial charge in [0.05, 0.1) is 13.2 Å². The number of anilines is 1. The molecule has 1 aliphatic heterocycles. The molecule has 2 rings (SSSR count). The van der Waals surface area contributed by atoms with E-state index in [1.54, 1.807) is 0 Å². The van der Waals surface area contributed by atoms with E-state index >= 15 is 0 Å². The predicted octanol–water partition coefficient (Wildman–Crippen LogP) is 2.13. The summed E-state index contributed by atoms with van der Waals surface area (Å²) in [6.45, 7) is 2.99. The Hall–Kier alpha value is -1.16. The van der Waals surface area contributed by atoms with Gasteiger partial charge in [-0.25, -0.2) is 0 Å². The van der Waals surface area contributed by atoms with Gasteiger partial charge < -0.3 is 10.1 Å². The lowest BCUT2D eigenvalue weighted by Gasteiger charge is -2.16. The highest BCUT2D eigenvalue weighted by molar-refractivity contribution is 8.14. The first-order valence-corrected chi connectivity index (χ1v) is 5.32. The number of benzene rings is 1. The Bertz CT molecular complexity index is 365. The first-order valence-electron chi connectivity index (χ1n) is 4.51. The zero-order valence-electron chi connectivity index (χ0n) is 7.87. The Morgan fingerprint density at radius 1 is 1.57 bits per heavy atom. The van der Waals surface area contributed by atoms with E-state index in [1.807, 2.05) is 25.1 Å². The molecule has 0 aliphatic carbocycles. The number of ether oxygens (including phenoxy) is 1. The molecule has 0 aromatic heterocycles. The predicted molar refractivity (Wildman–Crippen MR) is 57.0 cm³/mol. The van der Waals surface area contributed by atoms with Gasteiger partial charge in [0.1, 0.15) is 5.75 Å². The highest BCUT2D eigenvalue weighted by Crippen LogP contribution is 2.34. The average Bonchev–Trinajstić information content (AvgIpc) is 2.17. The molecule has 0 unspecified atom stereocenters. The van der Waals surface area contributed by atoms with Crippen molar-refractivity contribution in [3.05, 3.63) is 18.2 Å². The molecular formula is C10H11NO2S. The Labute approximate surface area is 86.8 Å². The summed E-state index contributed by atoms with van der Waals surface area (Å²) in [4.78, 5) is 12.1. The molecule has 1 aliphatic rings. The van der Waals surface area contributed by atoms with Gasteiger partial charge in [-0.05, 0) is 36.9 Å². The van der Waals surface area contributed by atoms with Gasteiger partial charge in [0.25, 0.3) is 0 Å². The molecule has 14 heavy (non-hydrogen) atoms. The molecule has 0 spiro atoms. The minimum Gasteiger partial charge on any atom is -0.494 e. The van der Waals surface area contributed by atoms with E-state index in [4.69, 9.17) is 4.74 Å². The molecule has 0 atom stereocenters. The lowest BCUT2D eigenvalue weighted by molar-refractivity contribution is -0.109. The van der Waals surface area contributed by atoms with E-state index in [-0.39, 0.29) is 5.12 Å². The molecule has 1 aromatic rings. The van der Waals surface area contributed by atoms with Crippen LogP contribution in [0.5, 0.6) is 5.75 Å². The molecular weight excluding hydrogens is 198 g/mol. The molecule has 1 N–H and O–H groups in total. The van der Waals surface area contributed by atoms with Crippen LogP contribution in [0, 0.1) is 0 Å². The summed E-state index contributed by atoms with van der Waals surface area (Å²) in [5, 5.41) is 3.20. The van der Waals surface area contributed by atoms with Crippen LogP contribution in [0.3, 0.4) is 0 Å². The number of carbonyl (C=O) groups excluding carboxylic acids is 1. The summed E-state index contributed by atoms with van der Waals surface area (Å²) < 4.78 is 5.35. The van der Waals surface area contributed by atoms with Gasteiger partial charge in [0.15, 0.2) is 0 Å². The zero-order valence-corrected chi connectivity index (χ0v) is 8.69. The minimum absolute atomic E-state index is 0.145. The van der Waals surface area contributed by atoms with Crippen LogP contribution >= 0.6 is 11.8 Å². The highest BCUT2D eigenvalue weighted by atomic mass is 32.2. The molecule has 74 valence electrons. The van der Waals surface area contributed by atoms with Gasteiger partial charge in [-0.3, -0.25) is 4.79 Å².